The number of hydrogen-bond acceptors (Lipinski definition) is 1. The van der Waals surface area contributed by atoms with Crippen LogP contribution >= 0.6 is 0 Å². The Bertz CT molecular complexity index is 634. The molecular weight excluding hydrogens is 534 g/mol. The van der Waals surface area contributed by atoms with Gasteiger partial charge in [0.1, 0.15) is 0 Å². The van der Waals surface area contributed by atoms with Gasteiger partial charge in [-0.25, -0.2) is 0 Å². The lowest BCUT2D eigenvalue weighted by Gasteiger charge is -2.40. The van der Waals surface area contributed by atoms with Crippen LogP contribution in [0.15, 0.2) is 24.3 Å². The number of unbranched alkanes of at least 4 members (excludes halogenated alkanes) is 20. The quantitative estimate of drug-likeness (QED) is 0.0679. The van der Waals surface area contributed by atoms with Gasteiger partial charge in [-0.05, 0) is 62.3 Å². The highest BCUT2D eigenvalue weighted by Gasteiger charge is 2.25. The SMILES string of the molecule is CC(C)(C)c1ccc([O-])cc1.CCCCCCCC[N+](CCCCCCCC)(CCCCCCCC)CCCCCCCC. The molecule has 1 rings (SSSR count). The molecule has 0 aliphatic heterocycles. The van der Waals surface area contributed by atoms with Gasteiger partial charge in [-0.1, -0.05) is 175 Å². The second-order valence-corrected chi connectivity index (χ2v) is 15.1. The van der Waals surface area contributed by atoms with Gasteiger partial charge in [0.05, 0.1) is 26.2 Å². The van der Waals surface area contributed by atoms with Crippen LogP contribution in [-0.4, -0.2) is 30.7 Å². The molecule has 0 aromatic heterocycles. The summed E-state index contributed by atoms with van der Waals surface area (Å²) in [7, 11) is 0. The Hall–Kier alpha value is -1.02. The van der Waals surface area contributed by atoms with Crippen molar-refractivity contribution < 1.29 is 9.59 Å². The largest absolute Gasteiger partial charge is 0.872 e. The zero-order valence-electron chi connectivity index (χ0n) is 31.5. The van der Waals surface area contributed by atoms with Crippen molar-refractivity contribution in [1.29, 1.82) is 0 Å². The Kier molecular flexibility index (Phi) is 28.7. The summed E-state index contributed by atoms with van der Waals surface area (Å²) in [6, 6.07) is 7.01. The third-order valence-corrected chi connectivity index (χ3v) is 9.66. The summed E-state index contributed by atoms with van der Waals surface area (Å²) >= 11 is 0. The molecule has 44 heavy (non-hydrogen) atoms. The summed E-state index contributed by atoms with van der Waals surface area (Å²) in [5.41, 5.74) is 1.35. The average Bonchev–Trinajstić information content (AvgIpc) is 3.00. The van der Waals surface area contributed by atoms with E-state index in [1.54, 1.807) is 12.1 Å². The molecule has 2 nitrogen and oxygen atoms in total. The zero-order valence-corrected chi connectivity index (χ0v) is 31.5. The van der Waals surface area contributed by atoms with Crippen LogP contribution in [0, 0.1) is 0 Å². The minimum atomic E-state index is 0.0815. The molecule has 0 saturated heterocycles. The van der Waals surface area contributed by atoms with Gasteiger partial charge >= 0.3 is 0 Å². The Morgan fingerprint density at radius 2 is 0.659 bits per heavy atom. The van der Waals surface area contributed by atoms with Gasteiger partial charge < -0.3 is 9.59 Å². The number of quaternary nitrogens is 1. The van der Waals surface area contributed by atoms with Crippen LogP contribution in [0.5, 0.6) is 5.75 Å². The van der Waals surface area contributed by atoms with E-state index in [4.69, 9.17) is 0 Å². The van der Waals surface area contributed by atoms with E-state index in [0.29, 0.717) is 0 Å². The molecule has 0 fully saturated rings. The van der Waals surface area contributed by atoms with Crippen LogP contribution in [0.2, 0.25) is 0 Å². The van der Waals surface area contributed by atoms with E-state index in [2.05, 4.69) is 48.5 Å². The Morgan fingerprint density at radius 3 is 0.909 bits per heavy atom. The Balaban J connectivity index is 0.00000139. The molecule has 0 aliphatic carbocycles. The summed E-state index contributed by atoms with van der Waals surface area (Å²) in [6.07, 6.45) is 34.8. The van der Waals surface area contributed by atoms with Crippen molar-refractivity contribution in [2.75, 3.05) is 26.2 Å². The highest BCUT2D eigenvalue weighted by atomic mass is 16.3. The van der Waals surface area contributed by atoms with Gasteiger partial charge in [0.2, 0.25) is 0 Å². The summed E-state index contributed by atoms with van der Waals surface area (Å²) in [5.74, 6) is 0.0815. The third kappa shape index (κ3) is 25.2. The van der Waals surface area contributed by atoms with E-state index in [-0.39, 0.29) is 11.2 Å². The molecule has 0 amide bonds. The molecule has 0 unspecified atom stereocenters. The lowest BCUT2D eigenvalue weighted by molar-refractivity contribution is -0.929. The first-order valence-corrected chi connectivity index (χ1v) is 19.9. The molecule has 0 bridgehead atoms. The second kappa shape index (κ2) is 29.4. The normalized spacial score (nSPS) is 11.9. The van der Waals surface area contributed by atoms with Crippen molar-refractivity contribution in [2.45, 2.75) is 208 Å². The molecule has 0 saturated carbocycles. The van der Waals surface area contributed by atoms with E-state index in [0.717, 1.165) is 0 Å². The maximum absolute atomic E-state index is 10.7. The van der Waals surface area contributed by atoms with Crippen LogP contribution in [0.4, 0.5) is 0 Å². The fourth-order valence-electron chi connectivity index (χ4n) is 6.54. The summed E-state index contributed by atoms with van der Waals surface area (Å²) in [6.45, 7) is 21.7. The minimum absolute atomic E-state index is 0.0815. The van der Waals surface area contributed by atoms with Gasteiger partial charge in [-0.3, -0.25) is 0 Å². The van der Waals surface area contributed by atoms with Gasteiger partial charge in [-0.15, -0.1) is 5.75 Å². The second-order valence-electron chi connectivity index (χ2n) is 15.1. The number of nitrogens with zero attached hydrogens (tertiary/aromatic N) is 1. The maximum Gasteiger partial charge on any atom is 0.0786 e. The Labute approximate surface area is 278 Å². The Morgan fingerprint density at radius 1 is 0.409 bits per heavy atom. The molecule has 0 aliphatic rings. The molecule has 0 radical (unpaired) electrons. The fraction of sp³-hybridized carbons (Fsp3) is 0.857. The van der Waals surface area contributed by atoms with Crippen molar-refractivity contribution in [3.05, 3.63) is 29.8 Å². The average molecular weight is 616 g/mol. The first kappa shape index (κ1) is 43.0. The smallest absolute Gasteiger partial charge is 0.0786 e. The highest BCUT2D eigenvalue weighted by Crippen LogP contribution is 2.23. The van der Waals surface area contributed by atoms with Gasteiger partial charge in [0.25, 0.3) is 0 Å². The van der Waals surface area contributed by atoms with E-state index in [1.165, 1.54) is 190 Å². The predicted molar refractivity (Wildman–Crippen MR) is 198 cm³/mol. The van der Waals surface area contributed by atoms with Crippen LogP contribution < -0.4 is 5.11 Å². The van der Waals surface area contributed by atoms with Crippen molar-refractivity contribution in [1.82, 2.24) is 0 Å². The molecule has 260 valence electrons. The summed E-state index contributed by atoms with van der Waals surface area (Å²) in [5, 5.41) is 10.7. The fourth-order valence-corrected chi connectivity index (χ4v) is 6.54. The molecule has 0 heterocycles. The van der Waals surface area contributed by atoms with Gasteiger partial charge in [-0.2, -0.15) is 0 Å². The molecule has 1 aromatic carbocycles. The number of benzene rings is 1. The lowest BCUT2D eigenvalue weighted by atomic mass is 9.87. The molecule has 1 aromatic rings. The molecular formula is C42H81NO. The molecule has 0 N–H and O–H groups in total. The van der Waals surface area contributed by atoms with Gasteiger partial charge in [0, 0.05) is 0 Å². The standard InChI is InChI=1S/C32H68N.C10H14O/c1-5-9-13-17-21-25-29-33(30-26-22-18-14-10-6-2,31-27-23-19-15-11-7-3)32-28-24-20-16-12-8-4;1-10(2,3)8-4-6-9(11)7-5-8/h5-32H2,1-4H3;4-7,11H,1-3H3/q+1;/p-1. The topological polar surface area (TPSA) is 23.1 Å². The number of rotatable bonds is 28. The zero-order chi connectivity index (χ0) is 32.8. The third-order valence-electron chi connectivity index (χ3n) is 9.66. The number of hydrogen-bond donors (Lipinski definition) is 0. The van der Waals surface area contributed by atoms with Crippen LogP contribution in [0.1, 0.15) is 208 Å². The summed E-state index contributed by atoms with van der Waals surface area (Å²) in [4.78, 5) is 0. The molecule has 2 heteroatoms. The van der Waals surface area contributed by atoms with Crippen LogP contribution in [0.25, 0.3) is 0 Å². The lowest BCUT2D eigenvalue weighted by Crippen LogP contribution is -2.50. The first-order valence-electron chi connectivity index (χ1n) is 19.9. The van der Waals surface area contributed by atoms with Crippen LogP contribution in [-0.2, 0) is 5.41 Å². The van der Waals surface area contributed by atoms with Gasteiger partial charge in [0.15, 0.2) is 0 Å². The van der Waals surface area contributed by atoms with Crippen molar-refractivity contribution in [2.24, 2.45) is 0 Å². The van der Waals surface area contributed by atoms with Crippen molar-refractivity contribution in [3.8, 4) is 5.75 Å². The monoisotopic (exact) mass is 616 g/mol. The predicted octanol–water partition coefficient (Wildman–Crippen LogP) is 13.3. The maximum atomic E-state index is 10.7. The van der Waals surface area contributed by atoms with E-state index >= 15 is 0 Å². The first-order chi connectivity index (χ1) is 21.2. The van der Waals surface area contributed by atoms with E-state index < -0.39 is 0 Å². The van der Waals surface area contributed by atoms with Crippen molar-refractivity contribution in [3.63, 3.8) is 0 Å². The minimum Gasteiger partial charge on any atom is -0.872 e. The molecule has 0 spiro atoms. The molecule has 0 atom stereocenters. The summed E-state index contributed by atoms with van der Waals surface area (Å²) < 4.78 is 1.48. The van der Waals surface area contributed by atoms with Crippen LogP contribution in [0.3, 0.4) is 0 Å². The van der Waals surface area contributed by atoms with E-state index in [9.17, 15) is 5.11 Å². The van der Waals surface area contributed by atoms with Crippen molar-refractivity contribution >= 4 is 0 Å². The van der Waals surface area contributed by atoms with E-state index in [1.807, 2.05) is 12.1 Å². The highest BCUT2D eigenvalue weighted by molar-refractivity contribution is 5.29.